The van der Waals surface area contributed by atoms with E-state index in [1.165, 1.54) is 23.1 Å². The van der Waals surface area contributed by atoms with Crippen molar-refractivity contribution in [1.82, 2.24) is 5.32 Å². The first-order valence-electron chi connectivity index (χ1n) is 34.1. The molecule has 6 N–H and O–H groups in total. The normalized spacial score (nSPS) is 50.1. The highest BCUT2D eigenvalue weighted by Gasteiger charge is 2.90. The lowest BCUT2D eigenvalue weighted by atomic mass is 9.30. The van der Waals surface area contributed by atoms with E-state index in [9.17, 15) is 15.0 Å². The monoisotopic (exact) mass is 1160 g/mol. The largest absolute Gasteiger partial charge is 0.454 e. The first-order chi connectivity index (χ1) is 41.7. The van der Waals surface area contributed by atoms with Gasteiger partial charge in [-0.15, -0.1) is 5.92 Å². The van der Waals surface area contributed by atoms with E-state index in [0.29, 0.717) is 69.6 Å². The number of carbonyl (C=O) groups excluding carboxylic acids is 2. The Balaban J connectivity index is 0.911. The fourth-order valence-electron chi connectivity index (χ4n) is 26.1. The zero-order valence-electron chi connectivity index (χ0n) is 50.4. The third-order valence-corrected chi connectivity index (χ3v) is 29.0. The standard InChI is InChI=1S/C76H89NO9/c1-42-48-21-20-46(30-48)28-44-13-8-14-45(27-44)31-64-54-23-25-59-56-34-61(54)73(59)40-72(41-79)68-51(18-10-17-50(56)29-43-11-4-3-5-12-43)37-71-26-7-6-15-47-16-9-19-52(39-78)55(47)35-63(77-2)57-32-53(66(71)58-36-65(80)86-67(57)58)38-74(71,82)76(68,84)69(81)62-33-49(42)22-24-60(70(73)85-64)75(62,72)83/h3-5,8-9,11-14,16,19,27,36,41-42,46,48-51,53-54,56-57,59-64,66-70,77-78,81-84H,7,17,20-26,28-35,37-40H2,1-2H3. The van der Waals surface area contributed by atoms with Gasteiger partial charge in [-0.3, -0.25) is 0 Å². The Morgan fingerprint density at radius 1 is 0.779 bits per heavy atom. The molecular formula is C76H89NO9. The van der Waals surface area contributed by atoms with E-state index in [-0.39, 0.29) is 84.5 Å². The van der Waals surface area contributed by atoms with E-state index < -0.39 is 80.8 Å². The molecule has 27 unspecified atom stereocenters. The van der Waals surface area contributed by atoms with Crippen molar-refractivity contribution in [3.05, 3.63) is 118 Å². The molecule has 18 bridgehead atoms. The molecule has 10 fully saturated rings. The summed E-state index contributed by atoms with van der Waals surface area (Å²) < 4.78 is 14.7. The Kier molecular flexibility index (Phi) is 12.7. The van der Waals surface area contributed by atoms with Crippen LogP contribution < -0.4 is 5.32 Å². The minimum absolute atomic E-state index is 0.0772. The number of fused-ring (bicyclic) bond motifs is 12. The van der Waals surface area contributed by atoms with Crippen LogP contribution in [0.4, 0.5) is 0 Å². The first-order valence-corrected chi connectivity index (χ1v) is 34.1. The Morgan fingerprint density at radius 3 is 2.41 bits per heavy atom. The molecule has 0 radical (unpaired) electrons. The van der Waals surface area contributed by atoms with Gasteiger partial charge in [-0.1, -0.05) is 91.4 Å². The van der Waals surface area contributed by atoms with Crippen LogP contribution in [-0.4, -0.2) is 92.1 Å². The molecule has 0 amide bonds. The molecule has 10 nitrogen and oxygen atoms in total. The number of aldehydes is 1. The predicted octanol–water partition coefficient (Wildman–Crippen LogP) is 9.31. The zero-order valence-corrected chi connectivity index (χ0v) is 50.4. The quantitative estimate of drug-likeness (QED) is 0.0824. The highest BCUT2D eigenvalue weighted by molar-refractivity contribution is 5.86. The lowest BCUT2D eigenvalue weighted by molar-refractivity contribution is -0.404. The van der Waals surface area contributed by atoms with Gasteiger partial charge < -0.3 is 45.1 Å². The summed E-state index contributed by atoms with van der Waals surface area (Å²) in [4.78, 5) is 30.4. The second-order valence-electron chi connectivity index (χ2n) is 31.4. The van der Waals surface area contributed by atoms with Gasteiger partial charge in [0.15, 0.2) is 0 Å². The van der Waals surface area contributed by atoms with Crippen molar-refractivity contribution in [2.75, 3.05) is 7.05 Å². The highest BCUT2D eigenvalue weighted by Crippen LogP contribution is 2.83. The van der Waals surface area contributed by atoms with Crippen molar-refractivity contribution < 1.29 is 44.6 Å². The lowest BCUT2D eigenvalue weighted by Gasteiger charge is -2.77. The molecule has 3 heterocycles. The van der Waals surface area contributed by atoms with Gasteiger partial charge in [-0.05, 0) is 227 Å². The van der Waals surface area contributed by atoms with Gasteiger partial charge in [-0.25, -0.2) is 4.79 Å². The van der Waals surface area contributed by atoms with Gasteiger partial charge in [-0.2, -0.15) is 0 Å². The molecule has 452 valence electrons. The number of hydrogen-bond acceptors (Lipinski definition) is 10. The third kappa shape index (κ3) is 7.19. The molecule has 3 aliphatic heterocycles. The molecule has 86 heavy (non-hydrogen) atoms. The smallest absolute Gasteiger partial charge is 0.331 e. The molecule has 18 rings (SSSR count). The molecule has 15 aliphatic rings. The van der Waals surface area contributed by atoms with E-state index in [4.69, 9.17) is 9.47 Å². The number of ether oxygens (including phenoxy) is 2. The van der Waals surface area contributed by atoms with Crippen molar-refractivity contribution in [1.29, 1.82) is 0 Å². The van der Waals surface area contributed by atoms with Gasteiger partial charge in [0.05, 0.1) is 35.9 Å². The summed E-state index contributed by atoms with van der Waals surface area (Å²) in [5, 5.41) is 75.4. The van der Waals surface area contributed by atoms with Crippen LogP contribution in [-0.2, 0) is 51.4 Å². The summed E-state index contributed by atoms with van der Waals surface area (Å²) in [6, 6.07) is 26.0. The number of nitrogens with one attached hydrogen (secondary N) is 1. The molecule has 1 saturated heterocycles. The van der Waals surface area contributed by atoms with Gasteiger partial charge in [0, 0.05) is 70.9 Å². The molecule has 9 saturated carbocycles. The van der Waals surface area contributed by atoms with Crippen molar-refractivity contribution >= 4 is 12.3 Å². The number of benzene rings is 3. The maximum atomic E-state index is 16.2. The van der Waals surface area contributed by atoms with E-state index in [2.05, 4.69) is 90.5 Å². The van der Waals surface area contributed by atoms with Crippen molar-refractivity contribution in [3.8, 4) is 23.7 Å². The lowest BCUT2D eigenvalue weighted by Crippen LogP contribution is -2.88. The Hall–Kier alpha value is -4.62. The zero-order chi connectivity index (χ0) is 58.4. The minimum atomic E-state index is -2.33. The number of rotatable bonds is 5. The Morgan fingerprint density at radius 2 is 1.58 bits per heavy atom. The minimum Gasteiger partial charge on any atom is -0.454 e. The molecule has 0 aromatic heterocycles. The molecule has 3 aromatic carbocycles. The van der Waals surface area contributed by atoms with E-state index in [1.807, 2.05) is 25.2 Å². The number of likely N-dealkylation sites (N-methyl/N-ethyl adjacent to an activating group) is 1. The van der Waals surface area contributed by atoms with Crippen LogP contribution in [0.25, 0.3) is 0 Å². The average Bonchev–Trinajstić information content (AvgIpc) is 1.21. The van der Waals surface area contributed by atoms with Crippen LogP contribution >= 0.6 is 0 Å². The first kappa shape index (κ1) is 55.4. The van der Waals surface area contributed by atoms with Gasteiger partial charge in [0.2, 0.25) is 0 Å². The maximum Gasteiger partial charge on any atom is 0.331 e. The van der Waals surface area contributed by atoms with Crippen LogP contribution in [0.5, 0.6) is 0 Å². The van der Waals surface area contributed by atoms with Crippen molar-refractivity contribution in [3.63, 3.8) is 0 Å². The fourth-order valence-corrected chi connectivity index (χ4v) is 26.1. The summed E-state index contributed by atoms with van der Waals surface area (Å²) in [5.41, 5.74) is -2.04. The molecule has 27 atom stereocenters. The van der Waals surface area contributed by atoms with Crippen LogP contribution in [0.15, 0.2) is 84.4 Å². The van der Waals surface area contributed by atoms with E-state index in [1.54, 1.807) is 6.08 Å². The summed E-state index contributed by atoms with van der Waals surface area (Å²) in [6.45, 7) is 2.29. The van der Waals surface area contributed by atoms with Crippen LogP contribution in [0.3, 0.4) is 0 Å². The second kappa shape index (κ2) is 19.7. The molecule has 3 aromatic rings. The molecular weight excluding hydrogens is 1070 g/mol. The highest BCUT2D eigenvalue weighted by atomic mass is 16.5. The summed E-state index contributed by atoms with van der Waals surface area (Å²) >= 11 is 0. The number of carbonyl (C=O) groups is 2. The SMILES string of the molecule is CNC1Cc2c(cccc2CO)C#CCCC23CC4C#CCC(Cc5ccccc5)C5CC6C7CCC5C65CC6(C=O)C4C(O)(C(O)C4CC8CCC(C5OC7Cc5cccc(c5)CC5CCC(C5)C8C)C46O)C2(O)CC2CC1C1OC(=O)C=C1C23. The summed E-state index contributed by atoms with van der Waals surface area (Å²) in [7, 11) is 1.95. The van der Waals surface area contributed by atoms with E-state index >= 15 is 20.1 Å². The summed E-state index contributed by atoms with van der Waals surface area (Å²) in [6.07, 6.45) is 14.4. The molecule has 2 spiro atoms. The number of esters is 1. The predicted molar refractivity (Wildman–Crippen MR) is 324 cm³/mol. The number of aliphatic hydroxyl groups excluding tert-OH is 2. The van der Waals surface area contributed by atoms with Crippen LogP contribution in [0, 0.1) is 135 Å². The Labute approximate surface area is 508 Å². The third-order valence-electron chi connectivity index (χ3n) is 29.0. The van der Waals surface area contributed by atoms with Crippen LogP contribution in [0.1, 0.15) is 143 Å². The van der Waals surface area contributed by atoms with Gasteiger partial charge >= 0.3 is 5.97 Å². The number of hydrogen-bond donors (Lipinski definition) is 6. The maximum absolute atomic E-state index is 16.2. The Bertz CT molecular complexity index is 3430. The van der Waals surface area contributed by atoms with Crippen molar-refractivity contribution in [2.24, 2.45) is 111 Å². The van der Waals surface area contributed by atoms with E-state index in [0.717, 1.165) is 86.3 Å². The van der Waals surface area contributed by atoms with Gasteiger partial charge in [0.1, 0.15) is 23.6 Å². The number of aliphatic hydroxyl groups is 5. The molecule has 12 aliphatic carbocycles. The second-order valence-corrected chi connectivity index (χ2v) is 31.4. The molecule has 10 heteroatoms. The summed E-state index contributed by atoms with van der Waals surface area (Å²) in [5.74, 6) is 12.8. The average molecular weight is 1160 g/mol. The van der Waals surface area contributed by atoms with Crippen molar-refractivity contribution in [2.45, 2.75) is 189 Å². The topological polar surface area (TPSA) is 166 Å². The fraction of sp³-hybridized carbons (Fsp3) is 0.658. The van der Waals surface area contributed by atoms with Gasteiger partial charge in [0.25, 0.3) is 0 Å². The van der Waals surface area contributed by atoms with Crippen LogP contribution in [0.2, 0.25) is 0 Å².